The van der Waals surface area contributed by atoms with Crippen LogP contribution in [0.3, 0.4) is 0 Å². The monoisotopic (exact) mass is 194 g/mol. The Balaban J connectivity index is 2.26. The maximum Gasteiger partial charge on any atom is 0.306 e. The van der Waals surface area contributed by atoms with E-state index in [1.807, 2.05) is 13.8 Å². The van der Waals surface area contributed by atoms with Crippen LogP contribution >= 0.6 is 0 Å². The Labute approximate surface area is 85.3 Å². The number of hydrogen-bond acceptors (Lipinski definition) is 2. The molecule has 1 fully saturated rings. The molecule has 2 nitrogen and oxygen atoms in total. The van der Waals surface area contributed by atoms with Gasteiger partial charge in [-0.05, 0) is 39.5 Å². The summed E-state index contributed by atoms with van der Waals surface area (Å²) in [4.78, 5) is 11.4. The van der Waals surface area contributed by atoms with Gasteiger partial charge in [-0.25, -0.2) is 0 Å². The number of ether oxygens (including phenoxy) is 1. The summed E-state index contributed by atoms with van der Waals surface area (Å²) in [6.45, 7) is 6.23. The molecular formula is C12H18O2. The van der Waals surface area contributed by atoms with Gasteiger partial charge in [-0.1, -0.05) is 11.6 Å². The van der Waals surface area contributed by atoms with Crippen LogP contribution in [0.1, 0.15) is 40.0 Å². The predicted molar refractivity (Wildman–Crippen MR) is 54.8 cm³/mol. The maximum atomic E-state index is 11.4. The Morgan fingerprint density at radius 1 is 1.50 bits per heavy atom. The number of carbonyl (C=O) groups excluding carboxylic acids is 1. The minimum atomic E-state index is -0.267. The first kappa shape index (κ1) is 9.75. The minimum Gasteiger partial charge on any atom is -0.459 e. The van der Waals surface area contributed by atoms with Gasteiger partial charge in [0, 0.05) is 5.92 Å². The molecule has 2 aliphatic rings. The van der Waals surface area contributed by atoms with Crippen LogP contribution in [0.5, 0.6) is 0 Å². The van der Waals surface area contributed by atoms with E-state index in [2.05, 4.69) is 13.0 Å². The molecule has 0 aromatic rings. The standard InChI is InChI=1S/C12H18O2/c1-8-4-5-10-9(6-8)7-11(13)14-12(10,2)3/h6,9-10H,4-5,7H2,1-3H3/t9-,10-/m0/s1. The minimum absolute atomic E-state index is 0.0396. The fraction of sp³-hybridized carbons (Fsp3) is 0.750. The van der Waals surface area contributed by atoms with Crippen molar-refractivity contribution < 1.29 is 9.53 Å². The molecule has 0 amide bonds. The first-order chi connectivity index (χ1) is 6.49. The molecule has 2 atom stereocenters. The molecule has 78 valence electrons. The van der Waals surface area contributed by atoms with Crippen LogP contribution in [-0.2, 0) is 9.53 Å². The van der Waals surface area contributed by atoms with Crippen molar-refractivity contribution in [1.29, 1.82) is 0 Å². The van der Waals surface area contributed by atoms with Gasteiger partial charge >= 0.3 is 5.97 Å². The van der Waals surface area contributed by atoms with Gasteiger partial charge in [0.15, 0.2) is 0 Å². The summed E-state index contributed by atoms with van der Waals surface area (Å²) in [6, 6.07) is 0. The molecule has 0 radical (unpaired) electrons. The SMILES string of the molecule is CC1=C[C@H]2CC(=O)OC(C)(C)[C@H]2CC1. The van der Waals surface area contributed by atoms with Gasteiger partial charge in [0.2, 0.25) is 0 Å². The molecule has 0 N–H and O–H groups in total. The molecule has 14 heavy (non-hydrogen) atoms. The van der Waals surface area contributed by atoms with Crippen molar-refractivity contribution in [2.24, 2.45) is 11.8 Å². The van der Waals surface area contributed by atoms with E-state index in [4.69, 9.17) is 4.74 Å². The number of hydrogen-bond donors (Lipinski definition) is 0. The molecule has 2 heteroatoms. The summed E-state index contributed by atoms with van der Waals surface area (Å²) in [5.41, 5.74) is 1.16. The molecule has 0 aromatic carbocycles. The number of allylic oxidation sites excluding steroid dienone is 2. The second-order valence-electron chi connectivity index (χ2n) is 5.10. The summed E-state index contributed by atoms with van der Waals surface area (Å²) in [5.74, 6) is 0.895. The lowest BCUT2D eigenvalue weighted by Gasteiger charge is -2.44. The third-order valence-corrected chi connectivity index (χ3v) is 3.54. The molecule has 0 aromatic heterocycles. The van der Waals surface area contributed by atoms with E-state index in [0.717, 1.165) is 12.8 Å². The molecular weight excluding hydrogens is 176 g/mol. The molecule has 0 bridgehead atoms. The van der Waals surface area contributed by atoms with E-state index < -0.39 is 0 Å². The molecule has 1 aliphatic heterocycles. The lowest BCUT2D eigenvalue weighted by Crippen LogP contribution is -2.46. The zero-order valence-corrected chi connectivity index (χ0v) is 9.17. The van der Waals surface area contributed by atoms with E-state index in [1.165, 1.54) is 5.57 Å². The van der Waals surface area contributed by atoms with E-state index in [0.29, 0.717) is 18.3 Å². The Hall–Kier alpha value is -0.790. The largest absolute Gasteiger partial charge is 0.459 e. The molecule has 1 aliphatic carbocycles. The average Bonchev–Trinajstić information content (AvgIpc) is 2.00. The van der Waals surface area contributed by atoms with Crippen molar-refractivity contribution in [3.8, 4) is 0 Å². The van der Waals surface area contributed by atoms with Crippen LogP contribution in [0.15, 0.2) is 11.6 Å². The van der Waals surface area contributed by atoms with E-state index in [9.17, 15) is 4.79 Å². The first-order valence-electron chi connectivity index (χ1n) is 5.38. The van der Waals surface area contributed by atoms with Gasteiger partial charge in [0.1, 0.15) is 5.60 Å². The Morgan fingerprint density at radius 3 is 2.93 bits per heavy atom. The highest BCUT2D eigenvalue weighted by Crippen LogP contribution is 2.43. The lowest BCUT2D eigenvalue weighted by atomic mass is 9.70. The lowest BCUT2D eigenvalue weighted by molar-refractivity contribution is -0.175. The normalized spacial score (nSPS) is 35.6. The van der Waals surface area contributed by atoms with Crippen LogP contribution < -0.4 is 0 Å². The molecule has 1 saturated heterocycles. The quantitative estimate of drug-likeness (QED) is 0.438. The molecule has 0 saturated carbocycles. The highest BCUT2D eigenvalue weighted by molar-refractivity contribution is 5.71. The molecule has 1 heterocycles. The third-order valence-electron chi connectivity index (χ3n) is 3.54. The smallest absolute Gasteiger partial charge is 0.306 e. The van der Waals surface area contributed by atoms with Crippen LogP contribution in [0.4, 0.5) is 0 Å². The molecule has 0 spiro atoms. The van der Waals surface area contributed by atoms with Crippen LogP contribution in [-0.4, -0.2) is 11.6 Å². The number of cyclic esters (lactones) is 1. The number of esters is 1. The fourth-order valence-electron chi connectivity index (χ4n) is 2.83. The van der Waals surface area contributed by atoms with Crippen molar-refractivity contribution in [1.82, 2.24) is 0 Å². The summed E-state index contributed by atoms with van der Waals surface area (Å²) in [6.07, 6.45) is 5.16. The topological polar surface area (TPSA) is 26.3 Å². The highest BCUT2D eigenvalue weighted by Gasteiger charge is 2.44. The fourth-order valence-corrected chi connectivity index (χ4v) is 2.83. The number of rotatable bonds is 0. The summed E-state index contributed by atoms with van der Waals surface area (Å²) in [5, 5.41) is 0. The van der Waals surface area contributed by atoms with Gasteiger partial charge in [0.25, 0.3) is 0 Å². The first-order valence-corrected chi connectivity index (χ1v) is 5.38. The van der Waals surface area contributed by atoms with Gasteiger partial charge in [-0.2, -0.15) is 0 Å². The van der Waals surface area contributed by atoms with Crippen molar-refractivity contribution in [2.45, 2.75) is 45.6 Å². The number of fused-ring (bicyclic) bond motifs is 1. The van der Waals surface area contributed by atoms with Gasteiger partial charge in [-0.3, -0.25) is 4.79 Å². The second kappa shape index (κ2) is 3.11. The maximum absolute atomic E-state index is 11.4. The van der Waals surface area contributed by atoms with E-state index in [-0.39, 0.29) is 11.6 Å². The average molecular weight is 194 g/mol. The van der Waals surface area contributed by atoms with E-state index >= 15 is 0 Å². The predicted octanol–water partition coefficient (Wildman–Crippen LogP) is 2.68. The Morgan fingerprint density at radius 2 is 2.21 bits per heavy atom. The summed E-state index contributed by atoms with van der Waals surface area (Å²) < 4.78 is 5.41. The van der Waals surface area contributed by atoms with Crippen LogP contribution in [0, 0.1) is 11.8 Å². The Kier molecular flexibility index (Phi) is 2.17. The van der Waals surface area contributed by atoms with E-state index in [1.54, 1.807) is 0 Å². The van der Waals surface area contributed by atoms with Gasteiger partial charge in [0.05, 0.1) is 6.42 Å². The van der Waals surface area contributed by atoms with Crippen LogP contribution in [0.2, 0.25) is 0 Å². The van der Waals surface area contributed by atoms with Crippen molar-refractivity contribution in [2.75, 3.05) is 0 Å². The van der Waals surface area contributed by atoms with Crippen molar-refractivity contribution in [3.63, 3.8) is 0 Å². The molecule has 2 rings (SSSR count). The summed E-state index contributed by atoms with van der Waals surface area (Å²) in [7, 11) is 0. The van der Waals surface area contributed by atoms with Crippen molar-refractivity contribution >= 4 is 5.97 Å². The van der Waals surface area contributed by atoms with Crippen LogP contribution in [0.25, 0.3) is 0 Å². The summed E-state index contributed by atoms with van der Waals surface area (Å²) >= 11 is 0. The molecule has 0 unspecified atom stereocenters. The second-order valence-corrected chi connectivity index (χ2v) is 5.10. The van der Waals surface area contributed by atoms with Crippen molar-refractivity contribution in [3.05, 3.63) is 11.6 Å². The van der Waals surface area contributed by atoms with Gasteiger partial charge in [-0.15, -0.1) is 0 Å². The Bertz CT molecular complexity index is 289. The highest BCUT2D eigenvalue weighted by atomic mass is 16.6. The number of carbonyl (C=O) groups is 1. The van der Waals surface area contributed by atoms with Gasteiger partial charge < -0.3 is 4.74 Å². The zero-order chi connectivity index (χ0) is 10.3. The zero-order valence-electron chi connectivity index (χ0n) is 9.17. The third kappa shape index (κ3) is 1.58.